The molecule has 8 heteroatoms. The van der Waals surface area contributed by atoms with E-state index in [0.29, 0.717) is 17.3 Å². The molecule has 2 heterocycles. The van der Waals surface area contributed by atoms with Crippen molar-refractivity contribution in [2.75, 3.05) is 18.2 Å². The number of carbonyl (C=O) groups is 1. The van der Waals surface area contributed by atoms with E-state index in [1.54, 1.807) is 0 Å². The van der Waals surface area contributed by atoms with Crippen LogP contribution in [0.2, 0.25) is 0 Å². The Balaban J connectivity index is 2.18. The van der Waals surface area contributed by atoms with Crippen LogP contribution < -0.4 is 11.1 Å². The second kappa shape index (κ2) is 5.13. The van der Waals surface area contributed by atoms with Crippen molar-refractivity contribution in [2.24, 2.45) is 0 Å². The molecule has 2 rings (SSSR count). The van der Waals surface area contributed by atoms with Crippen LogP contribution in [0.1, 0.15) is 16.2 Å². The third-order valence-corrected chi connectivity index (χ3v) is 2.14. The third-order valence-electron chi connectivity index (χ3n) is 2.14. The van der Waals surface area contributed by atoms with Gasteiger partial charge in [-0.15, -0.1) is 0 Å². The predicted molar refractivity (Wildman–Crippen MR) is 61.6 cm³/mol. The van der Waals surface area contributed by atoms with Crippen LogP contribution in [0, 0.1) is 0 Å². The number of nitrogens with two attached hydrogens (primary N) is 1. The molecule has 18 heavy (non-hydrogen) atoms. The van der Waals surface area contributed by atoms with E-state index in [4.69, 9.17) is 5.73 Å². The Morgan fingerprint density at radius 1 is 1.56 bits per heavy atom. The lowest BCUT2D eigenvalue weighted by Gasteiger charge is -2.08. The number of nitrogens with zero attached hydrogens (tertiary/aromatic N) is 3. The highest BCUT2D eigenvalue weighted by molar-refractivity contribution is 5.95. The van der Waals surface area contributed by atoms with E-state index < -0.39 is 5.97 Å². The highest BCUT2D eigenvalue weighted by atomic mass is 16.5. The molecule has 0 bridgehead atoms. The number of anilines is 2. The number of rotatable bonds is 4. The Kier molecular flexibility index (Phi) is 3.37. The summed E-state index contributed by atoms with van der Waals surface area (Å²) < 4.78 is 9.23. The fraction of sp³-hybridized carbons (Fsp3) is 0.200. The zero-order valence-electron chi connectivity index (χ0n) is 9.58. The standard InChI is InChI=1S/C10H11N5O3/c1-17-10(16)7-2-6(11)3-12-9(7)13-4-8-14-5-18-15-8/h2-3,5H,4,11H2,1H3,(H,12,13). The summed E-state index contributed by atoms with van der Waals surface area (Å²) in [5.74, 6) is 0.274. The lowest BCUT2D eigenvalue weighted by atomic mass is 10.2. The van der Waals surface area contributed by atoms with E-state index in [1.165, 1.54) is 25.8 Å². The summed E-state index contributed by atoms with van der Waals surface area (Å²) in [6.45, 7) is 0.275. The molecule has 0 aliphatic rings. The molecule has 0 aliphatic carbocycles. The Hall–Kier alpha value is -2.64. The summed E-state index contributed by atoms with van der Waals surface area (Å²) in [4.78, 5) is 19.4. The SMILES string of the molecule is COC(=O)c1cc(N)cnc1NCc1ncon1. The average Bonchev–Trinajstić information content (AvgIpc) is 2.89. The molecule has 8 nitrogen and oxygen atoms in total. The highest BCUT2D eigenvalue weighted by Gasteiger charge is 2.14. The Morgan fingerprint density at radius 2 is 2.39 bits per heavy atom. The highest BCUT2D eigenvalue weighted by Crippen LogP contribution is 2.16. The van der Waals surface area contributed by atoms with Crippen molar-refractivity contribution in [3.63, 3.8) is 0 Å². The molecule has 0 saturated carbocycles. The minimum Gasteiger partial charge on any atom is -0.465 e. The number of hydrogen-bond acceptors (Lipinski definition) is 8. The van der Waals surface area contributed by atoms with Gasteiger partial charge in [0.25, 0.3) is 0 Å². The van der Waals surface area contributed by atoms with Crippen molar-refractivity contribution in [3.8, 4) is 0 Å². The summed E-state index contributed by atoms with van der Waals surface area (Å²) in [7, 11) is 1.29. The number of carbonyl (C=O) groups excluding carboxylic acids is 1. The van der Waals surface area contributed by atoms with Gasteiger partial charge >= 0.3 is 5.97 Å². The molecule has 0 amide bonds. The maximum Gasteiger partial charge on any atom is 0.341 e. The van der Waals surface area contributed by atoms with Gasteiger partial charge in [-0.05, 0) is 6.07 Å². The van der Waals surface area contributed by atoms with Crippen LogP contribution in [-0.4, -0.2) is 28.2 Å². The van der Waals surface area contributed by atoms with Crippen molar-refractivity contribution in [3.05, 3.63) is 30.0 Å². The first-order chi connectivity index (χ1) is 8.70. The van der Waals surface area contributed by atoms with Crippen LogP contribution in [0.3, 0.4) is 0 Å². The summed E-state index contributed by atoms with van der Waals surface area (Å²) in [6.07, 6.45) is 2.65. The van der Waals surface area contributed by atoms with Gasteiger partial charge in [-0.1, -0.05) is 5.16 Å². The van der Waals surface area contributed by atoms with Gasteiger partial charge in [0.05, 0.1) is 25.5 Å². The number of nitrogens with one attached hydrogen (secondary N) is 1. The summed E-state index contributed by atoms with van der Waals surface area (Å²) in [5.41, 5.74) is 6.20. The van der Waals surface area contributed by atoms with E-state index >= 15 is 0 Å². The van der Waals surface area contributed by atoms with Crippen molar-refractivity contribution >= 4 is 17.5 Å². The smallest absolute Gasteiger partial charge is 0.341 e. The van der Waals surface area contributed by atoms with Crippen molar-refractivity contribution in [1.29, 1.82) is 0 Å². The van der Waals surface area contributed by atoms with E-state index in [0.717, 1.165) is 0 Å². The molecule has 0 fully saturated rings. The molecule has 0 aromatic carbocycles. The van der Waals surface area contributed by atoms with Crippen LogP contribution in [0.25, 0.3) is 0 Å². The summed E-state index contributed by atoms with van der Waals surface area (Å²) >= 11 is 0. The van der Waals surface area contributed by atoms with Crippen LogP contribution in [0.4, 0.5) is 11.5 Å². The topological polar surface area (TPSA) is 116 Å². The first-order valence-electron chi connectivity index (χ1n) is 5.03. The van der Waals surface area contributed by atoms with Crippen LogP contribution in [0.15, 0.2) is 23.2 Å². The number of ether oxygens (including phenoxy) is 1. The second-order valence-electron chi connectivity index (χ2n) is 3.36. The number of hydrogen-bond donors (Lipinski definition) is 2. The number of pyridine rings is 1. The fourth-order valence-corrected chi connectivity index (χ4v) is 1.32. The van der Waals surface area contributed by atoms with Gasteiger partial charge in [0, 0.05) is 0 Å². The third kappa shape index (κ3) is 2.54. The van der Waals surface area contributed by atoms with Gasteiger partial charge in [0.2, 0.25) is 6.39 Å². The number of nitrogen functional groups attached to an aromatic ring is 1. The lowest BCUT2D eigenvalue weighted by molar-refractivity contribution is 0.0601. The van der Waals surface area contributed by atoms with Crippen molar-refractivity contribution < 1.29 is 14.1 Å². The molecule has 3 N–H and O–H groups in total. The quantitative estimate of drug-likeness (QED) is 0.750. The zero-order valence-corrected chi connectivity index (χ0v) is 9.58. The van der Waals surface area contributed by atoms with E-state index in [1.807, 2.05) is 0 Å². The molecule has 0 radical (unpaired) electrons. The number of esters is 1. The lowest BCUT2D eigenvalue weighted by Crippen LogP contribution is -2.11. The van der Waals surface area contributed by atoms with Gasteiger partial charge in [0.1, 0.15) is 11.4 Å². The maximum absolute atomic E-state index is 11.5. The normalized spacial score (nSPS) is 10.1. The molecule has 0 atom stereocenters. The van der Waals surface area contributed by atoms with Crippen LogP contribution in [-0.2, 0) is 11.3 Å². The molecule has 0 spiro atoms. The Morgan fingerprint density at radius 3 is 3.06 bits per heavy atom. The minimum absolute atomic E-state index is 0.251. The van der Waals surface area contributed by atoms with Gasteiger partial charge in [-0.25, -0.2) is 9.78 Å². The molecule has 0 aliphatic heterocycles. The van der Waals surface area contributed by atoms with Crippen LogP contribution >= 0.6 is 0 Å². The van der Waals surface area contributed by atoms with E-state index in [9.17, 15) is 4.79 Å². The van der Waals surface area contributed by atoms with Gasteiger partial charge in [-0.3, -0.25) is 0 Å². The first kappa shape index (κ1) is 11.8. The first-order valence-corrected chi connectivity index (χ1v) is 5.03. The molecular formula is C10H11N5O3. The van der Waals surface area contributed by atoms with Crippen LogP contribution in [0.5, 0.6) is 0 Å². The van der Waals surface area contributed by atoms with Gasteiger partial charge in [-0.2, -0.15) is 4.98 Å². The molecule has 2 aromatic heterocycles. The summed E-state index contributed by atoms with van der Waals surface area (Å²) in [5, 5.41) is 6.53. The molecular weight excluding hydrogens is 238 g/mol. The Labute approximate surface area is 102 Å². The van der Waals surface area contributed by atoms with E-state index in [-0.39, 0.29) is 12.1 Å². The monoisotopic (exact) mass is 249 g/mol. The van der Waals surface area contributed by atoms with Gasteiger partial charge in [0.15, 0.2) is 5.82 Å². The molecule has 94 valence electrons. The summed E-state index contributed by atoms with van der Waals surface area (Å²) in [6, 6.07) is 1.48. The average molecular weight is 249 g/mol. The fourth-order valence-electron chi connectivity index (χ4n) is 1.32. The zero-order chi connectivity index (χ0) is 13.0. The maximum atomic E-state index is 11.5. The molecule has 0 saturated heterocycles. The second-order valence-corrected chi connectivity index (χ2v) is 3.36. The van der Waals surface area contributed by atoms with Crippen molar-refractivity contribution in [2.45, 2.75) is 6.54 Å². The van der Waals surface area contributed by atoms with E-state index in [2.05, 4.69) is 29.7 Å². The minimum atomic E-state index is -0.523. The number of methoxy groups -OCH3 is 1. The predicted octanol–water partition coefficient (Wildman–Crippen LogP) is 0.445. The molecule has 2 aromatic rings. The molecule has 0 unspecified atom stereocenters. The largest absolute Gasteiger partial charge is 0.465 e. The Bertz CT molecular complexity index is 540. The van der Waals surface area contributed by atoms with Crippen molar-refractivity contribution in [1.82, 2.24) is 15.1 Å². The number of aromatic nitrogens is 3. The van der Waals surface area contributed by atoms with Gasteiger partial charge < -0.3 is 20.3 Å².